The van der Waals surface area contributed by atoms with Crippen molar-refractivity contribution in [2.45, 2.75) is 41.5 Å². The molecule has 18 heavy (non-hydrogen) atoms. The second kappa shape index (κ2) is 32.0. The average molecular weight is 697 g/mol. The Kier molecular flexibility index (Phi) is 51.3. The summed E-state index contributed by atoms with van der Waals surface area (Å²) in [4.78, 5) is 0. The van der Waals surface area contributed by atoms with E-state index in [9.17, 15) is 0 Å². The van der Waals surface area contributed by atoms with Gasteiger partial charge in [-0.3, -0.25) is 0 Å². The van der Waals surface area contributed by atoms with Gasteiger partial charge < -0.3 is 0 Å². The van der Waals surface area contributed by atoms with Gasteiger partial charge in [-0.1, -0.05) is 41.5 Å². The molecule has 0 rings (SSSR count). The molecule has 0 bridgehead atoms. The fraction of sp³-hybridized carbons (Fsp3) is 1.00. The van der Waals surface area contributed by atoms with Crippen molar-refractivity contribution >= 4 is 34.7 Å². The minimum absolute atomic E-state index is 0.446. The van der Waals surface area contributed by atoms with Gasteiger partial charge in [-0.25, -0.2) is 0 Å². The molecule has 0 atom stereocenters. The molecule has 0 amide bonds. The predicted molar refractivity (Wildman–Crippen MR) is 88.8 cm³/mol. The fourth-order valence-electron chi connectivity index (χ4n) is 1.34. The summed E-state index contributed by atoms with van der Waals surface area (Å²) in [6.07, 6.45) is 8.51. The molecule has 0 aliphatic rings. The zero-order valence-electron chi connectivity index (χ0n) is 12.5. The molecule has 0 aliphatic carbocycles. The molecule has 0 nitrogen and oxygen atoms in total. The van der Waals surface area contributed by atoms with Gasteiger partial charge in [0.05, 0.1) is 0 Å². The molecule has 0 N–H and O–H groups in total. The molecule has 6 heteroatoms. The molecule has 0 heterocycles. The van der Waals surface area contributed by atoms with Crippen LogP contribution in [0.3, 0.4) is 0 Å². The second-order valence-corrected chi connectivity index (χ2v) is 9.72. The third kappa shape index (κ3) is 27.2. The number of rotatable bonds is 6. The molecule has 0 aromatic carbocycles. The van der Waals surface area contributed by atoms with Crippen LogP contribution in [-0.2, 0) is 37.5 Å². The van der Waals surface area contributed by atoms with Crippen LogP contribution in [-0.4, -0.2) is 37.0 Å². The number of halogens is 2. The van der Waals surface area contributed by atoms with E-state index >= 15 is 0 Å². The maximum atomic E-state index is 4.61. The molecular weight excluding hydrogens is 667 g/mol. The van der Waals surface area contributed by atoms with E-state index in [1.54, 1.807) is 37.5 Å². The molecule has 0 unspecified atom stereocenters. The first kappa shape index (κ1) is 28.9. The van der Waals surface area contributed by atoms with Crippen LogP contribution in [0.1, 0.15) is 41.5 Å². The number of hydrogen-bond acceptors (Lipinski definition) is 0. The molecule has 0 radical (unpaired) electrons. The average Bonchev–Trinajstić information content (AvgIpc) is 2.48. The summed E-state index contributed by atoms with van der Waals surface area (Å²) in [5.74, 6) is 0. The van der Waals surface area contributed by atoms with E-state index in [4.69, 9.17) is 0 Å². The van der Waals surface area contributed by atoms with E-state index < -0.39 is 0 Å². The van der Waals surface area contributed by atoms with Gasteiger partial charge in [0.15, 0.2) is 0 Å². The van der Waals surface area contributed by atoms with Gasteiger partial charge in [-0.05, 0) is 37.0 Å². The summed E-state index contributed by atoms with van der Waals surface area (Å²) in [6, 6.07) is 0. The standard InChI is InChI=1S/2C6H15P.2ClH.2Pt/c2*1-4-7(5-2)6-3;;;;/h2*4-6H2,1-3H3;2*1H;;/q;;;;2*+1/p-2. The van der Waals surface area contributed by atoms with Crippen LogP contribution in [0.2, 0.25) is 0 Å². The first-order valence-corrected chi connectivity index (χ1v) is 15.8. The summed E-state index contributed by atoms with van der Waals surface area (Å²) < 4.78 is 0. The molecule has 0 saturated heterocycles. The van der Waals surface area contributed by atoms with Crippen molar-refractivity contribution in [2.75, 3.05) is 37.0 Å². The van der Waals surface area contributed by atoms with Gasteiger partial charge in [0.2, 0.25) is 0 Å². The summed E-state index contributed by atoms with van der Waals surface area (Å²) in [5.41, 5.74) is 0. The first-order chi connectivity index (χ1) is 8.69. The molecule has 122 valence electrons. The Morgan fingerprint density at radius 2 is 0.611 bits per heavy atom. The number of hydrogen-bond donors (Lipinski definition) is 0. The zero-order valence-corrected chi connectivity index (χ0v) is 20.4. The van der Waals surface area contributed by atoms with Crippen molar-refractivity contribution in [3.8, 4) is 0 Å². The predicted octanol–water partition coefficient (Wildman–Crippen LogP) is 6.43. The van der Waals surface area contributed by atoms with Crippen LogP contribution in [0, 0.1) is 0 Å². The van der Waals surface area contributed by atoms with Crippen LogP contribution >= 0.6 is 34.7 Å². The molecule has 0 aromatic heterocycles. The summed E-state index contributed by atoms with van der Waals surface area (Å²) in [7, 11) is 10.1. The van der Waals surface area contributed by atoms with Gasteiger partial charge in [0, 0.05) is 0 Å². The molecule has 0 saturated carbocycles. The van der Waals surface area contributed by atoms with E-state index in [1.807, 2.05) is 0 Å². The van der Waals surface area contributed by atoms with Gasteiger partial charge in [0.25, 0.3) is 0 Å². The summed E-state index contributed by atoms with van der Waals surface area (Å²) >= 11 is 3.22. The zero-order chi connectivity index (χ0) is 15.4. The van der Waals surface area contributed by atoms with Crippen molar-refractivity contribution in [3.05, 3.63) is 0 Å². The van der Waals surface area contributed by atoms with Crippen molar-refractivity contribution in [3.63, 3.8) is 0 Å². The van der Waals surface area contributed by atoms with Gasteiger partial charge in [-0.2, -0.15) is 0 Å². The van der Waals surface area contributed by atoms with Crippen molar-refractivity contribution in [1.29, 1.82) is 0 Å². The van der Waals surface area contributed by atoms with E-state index in [0.29, 0.717) is 15.8 Å². The quantitative estimate of drug-likeness (QED) is 0.281. The molecule has 0 spiro atoms. The van der Waals surface area contributed by atoms with E-state index in [1.165, 1.54) is 37.0 Å². The third-order valence-corrected chi connectivity index (χ3v) is 8.05. The van der Waals surface area contributed by atoms with Crippen molar-refractivity contribution in [1.82, 2.24) is 0 Å². The van der Waals surface area contributed by atoms with Gasteiger partial charge in [-0.15, -0.1) is 15.8 Å². The minimum atomic E-state index is 0.446. The third-order valence-electron chi connectivity index (χ3n) is 2.68. The van der Waals surface area contributed by atoms with Crippen LogP contribution in [0.25, 0.3) is 0 Å². The first-order valence-electron chi connectivity index (χ1n) is 6.38. The van der Waals surface area contributed by atoms with Crippen molar-refractivity contribution in [2.24, 2.45) is 0 Å². The van der Waals surface area contributed by atoms with E-state index in [-0.39, 0.29) is 0 Å². The SMILES string of the molecule is CCP(CC)CC.CCP(CC)CC.[Cl][Pt].[Cl][Pt]. The van der Waals surface area contributed by atoms with Crippen LogP contribution in [0.5, 0.6) is 0 Å². The topological polar surface area (TPSA) is 0 Å². The normalized spacial score (nSPS) is 8.78. The molecular formula is C12H30Cl2P2Pt2. The molecule has 0 aliphatic heterocycles. The maximum absolute atomic E-state index is 4.61. The Morgan fingerprint density at radius 3 is 0.611 bits per heavy atom. The monoisotopic (exact) mass is 696 g/mol. The molecule has 0 fully saturated rings. The Labute approximate surface area is 149 Å². The van der Waals surface area contributed by atoms with Crippen LogP contribution in [0.4, 0.5) is 0 Å². The van der Waals surface area contributed by atoms with Gasteiger partial charge in [0.1, 0.15) is 0 Å². The van der Waals surface area contributed by atoms with Gasteiger partial charge >= 0.3 is 56.4 Å². The van der Waals surface area contributed by atoms with Crippen molar-refractivity contribution < 1.29 is 37.5 Å². The van der Waals surface area contributed by atoms with Crippen LogP contribution < -0.4 is 0 Å². The van der Waals surface area contributed by atoms with E-state index in [2.05, 4.69) is 60.4 Å². The fourth-order valence-corrected chi connectivity index (χ4v) is 4.02. The Balaban J connectivity index is -0.0000000851. The Bertz CT molecular complexity index is 81.1. The summed E-state index contributed by atoms with van der Waals surface area (Å²) in [5, 5.41) is 0. The Hall–Kier alpha value is 2.82. The van der Waals surface area contributed by atoms with E-state index in [0.717, 1.165) is 0 Å². The Morgan fingerprint density at radius 1 is 0.500 bits per heavy atom. The second-order valence-electron chi connectivity index (χ2n) is 3.24. The van der Waals surface area contributed by atoms with Crippen LogP contribution in [0.15, 0.2) is 0 Å². The summed E-state index contributed by atoms with van der Waals surface area (Å²) in [6.45, 7) is 13.7. The molecule has 0 aromatic rings.